The maximum atomic E-state index is 12.4. The second kappa shape index (κ2) is 4.64. The molecule has 1 aromatic heterocycles. The molecule has 0 atom stereocenters. The Morgan fingerprint density at radius 2 is 2.00 bits per heavy atom. The van der Waals surface area contributed by atoms with E-state index in [2.05, 4.69) is 17.3 Å². The smallest absolute Gasteiger partial charge is 0.246 e. The minimum atomic E-state index is -3.38. The molecule has 0 radical (unpaired) electrons. The lowest BCUT2D eigenvalue weighted by Gasteiger charge is -2.38. The van der Waals surface area contributed by atoms with Gasteiger partial charge in [0.25, 0.3) is 0 Å². The molecular formula is C11H20N4O2S. The average Bonchev–Trinajstić information content (AvgIpc) is 2.77. The number of rotatable bonds is 3. The van der Waals surface area contributed by atoms with E-state index in [0.717, 1.165) is 12.8 Å². The quantitative estimate of drug-likeness (QED) is 0.852. The van der Waals surface area contributed by atoms with Crippen molar-refractivity contribution in [2.45, 2.75) is 30.2 Å². The minimum absolute atomic E-state index is 0.0426. The van der Waals surface area contributed by atoms with Crippen molar-refractivity contribution in [1.82, 2.24) is 19.4 Å². The molecular weight excluding hydrogens is 252 g/mol. The number of nitrogens with zero attached hydrogens (tertiary/aromatic N) is 3. The monoisotopic (exact) mass is 272 g/mol. The number of sulfonamides is 1. The van der Waals surface area contributed by atoms with Crippen LogP contribution in [0.3, 0.4) is 0 Å². The Kier molecular flexibility index (Phi) is 3.48. The van der Waals surface area contributed by atoms with E-state index < -0.39 is 10.0 Å². The van der Waals surface area contributed by atoms with Crippen molar-refractivity contribution >= 4 is 10.0 Å². The molecule has 0 bridgehead atoms. The fraction of sp³-hybridized carbons (Fsp3) is 0.727. The zero-order valence-electron chi connectivity index (χ0n) is 11.0. The summed E-state index contributed by atoms with van der Waals surface area (Å²) in [5.41, 5.74) is 0.0426. The summed E-state index contributed by atoms with van der Waals surface area (Å²) in [5.74, 6) is 0. The Labute approximate surface area is 108 Å². The minimum Gasteiger partial charge on any atom is -0.314 e. The second-order valence-corrected chi connectivity index (χ2v) is 7.00. The fourth-order valence-corrected chi connectivity index (χ4v) is 3.58. The molecule has 1 aromatic rings. The van der Waals surface area contributed by atoms with E-state index >= 15 is 0 Å². The zero-order valence-corrected chi connectivity index (χ0v) is 11.9. The van der Waals surface area contributed by atoms with Gasteiger partial charge in [-0.05, 0) is 26.8 Å². The number of nitrogens with one attached hydrogen (secondary N) is 1. The lowest BCUT2D eigenvalue weighted by molar-refractivity contribution is 0.219. The first kappa shape index (κ1) is 13.5. The molecule has 2 rings (SSSR count). The SMILES string of the molecule is CNC1(C)CCN(S(=O)(=O)c2cnn(C)c2)CC1. The Balaban J connectivity index is 2.14. The van der Waals surface area contributed by atoms with Crippen molar-refractivity contribution in [3.05, 3.63) is 12.4 Å². The predicted molar refractivity (Wildman–Crippen MR) is 68.7 cm³/mol. The van der Waals surface area contributed by atoms with Gasteiger partial charge in [-0.15, -0.1) is 0 Å². The second-order valence-electron chi connectivity index (χ2n) is 5.06. The fourth-order valence-electron chi connectivity index (χ4n) is 2.15. The summed E-state index contributed by atoms with van der Waals surface area (Å²) < 4.78 is 27.8. The van der Waals surface area contributed by atoms with Gasteiger partial charge in [0.1, 0.15) is 4.90 Å². The average molecular weight is 272 g/mol. The summed E-state index contributed by atoms with van der Waals surface area (Å²) in [5, 5.41) is 7.18. The Morgan fingerprint density at radius 3 is 2.44 bits per heavy atom. The van der Waals surface area contributed by atoms with Gasteiger partial charge in [0.05, 0.1) is 6.20 Å². The van der Waals surface area contributed by atoms with Crippen LogP contribution >= 0.6 is 0 Å². The predicted octanol–water partition coefficient (Wildman–Crippen LogP) is 0.183. The molecule has 2 heterocycles. The highest BCUT2D eigenvalue weighted by Gasteiger charge is 2.34. The number of piperidine rings is 1. The van der Waals surface area contributed by atoms with Crippen molar-refractivity contribution < 1.29 is 8.42 Å². The highest BCUT2D eigenvalue weighted by molar-refractivity contribution is 7.89. The zero-order chi connectivity index (χ0) is 13.4. The number of hydrogen-bond donors (Lipinski definition) is 1. The Bertz CT molecular complexity index is 515. The Morgan fingerprint density at radius 1 is 1.39 bits per heavy atom. The van der Waals surface area contributed by atoms with E-state index in [1.165, 1.54) is 10.9 Å². The third-order valence-corrected chi connectivity index (χ3v) is 5.60. The van der Waals surface area contributed by atoms with E-state index in [0.29, 0.717) is 13.1 Å². The van der Waals surface area contributed by atoms with Gasteiger partial charge in [-0.1, -0.05) is 0 Å². The van der Waals surface area contributed by atoms with Crippen molar-refractivity contribution in [3.63, 3.8) is 0 Å². The first-order valence-corrected chi connectivity index (χ1v) is 7.49. The van der Waals surface area contributed by atoms with Gasteiger partial charge in [0, 0.05) is 31.9 Å². The Hall–Kier alpha value is -0.920. The molecule has 0 aliphatic carbocycles. The molecule has 102 valence electrons. The first-order valence-electron chi connectivity index (χ1n) is 6.05. The lowest BCUT2D eigenvalue weighted by Crippen LogP contribution is -2.51. The van der Waals surface area contributed by atoms with E-state index in [1.54, 1.807) is 17.5 Å². The molecule has 0 unspecified atom stereocenters. The van der Waals surface area contributed by atoms with E-state index in [4.69, 9.17) is 0 Å². The van der Waals surface area contributed by atoms with Gasteiger partial charge in [0.15, 0.2) is 0 Å². The summed E-state index contributed by atoms with van der Waals surface area (Å²) in [4.78, 5) is 0.276. The lowest BCUT2D eigenvalue weighted by atomic mass is 9.91. The van der Waals surface area contributed by atoms with Crippen molar-refractivity contribution in [1.29, 1.82) is 0 Å². The van der Waals surface area contributed by atoms with E-state index in [1.807, 2.05) is 7.05 Å². The molecule has 0 aromatic carbocycles. The summed E-state index contributed by atoms with van der Waals surface area (Å²) in [6.45, 7) is 3.23. The van der Waals surface area contributed by atoms with Crippen LogP contribution in [0.15, 0.2) is 17.3 Å². The van der Waals surface area contributed by atoms with Gasteiger partial charge < -0.3 is 5.32 Å². The molecule has 0 saturated carbocycles. The van der Waals surface area contributed by atoms with Crippen LogP contribution in [-0.2, 0) is 17.1 Å². The highest BCUT2D eigenvalue weighted by atomic mass is 32.2. The summed E-state index contributed by atoms with van der Waals surface area (Å²) >= 11 is 0. The van der Waals surface area contributed by atoms with Crippen LogP contribution in [-0.4, -0.2) is 48.2 Å². The van der Waals surface area contributed by atoms with Crippen LogP contribution in [0.2, 0.25) is 0 Å². The topological polar surface area (TPSA) is 67.2 Å². The van der Waals surface area contributed by atoms with Crippen molar-refractivity contribution in [3.8, 4) is 0 Å². The van der Waals surface area contributed by atoms with Gasteiger partial charge in [-0.25, -0.2) is 8.42 Å². The summed E-state index contributed by atoms with van der Waals surface area (Å²) in [7, 11) is 0.260. The van der Waals surface area contributed by atoms with Gasteiger partial charge >= 0.3 is 0 Å². The van der Waals surface area contributed by atoms with Crippen molar-refractivity contribution in [2.75, 3.05) is 20.1 Å². The molecule has 7 heteroatoms. The third kappa shape index (κ3) is 2.43. The van der Waals surface area contributed by atoms with Crippen molar-refractivity contribution in [2.24, 2.45) is 7.05 Å². The maximum Gasteiger partial charge on any atom is 0.246 e. The van der Waals surface area contributed by atoms with Gasteiger partial charge in [0.2, 0.25) is 10.0 Å². The molecule has 0 spiro atoms. The van der Waals surface area contributed by atoms with Gasteiger partial charge in [-0.3, -0.25) is 4.68 Å². The van der Waals surface area contributed by atoms with Crippen LogP contribution in [0.5, 0.6) is 0 Å². The maximum absolute atomic E-state index is 12.4. The molecule has 6 nitrogen and oxygen atoms in total. The third-order valence-electron chi connectivity index (χ3n) is 3.75. The van der Waals surface area contributed by atoms with E-state index in [-0.39, 0.29) is 10.4 Å². The summed E-state index contributed by atoms with van der Waals surface area (Å²) in [6, 6.07) is 0. The normalized spacial score (nSPS) is 21.1. The summed E-state index contributed by atoms with van der Waals surface area (Å²) in [6.07, 6.45) is 4.59. The van der Waals surface area contributed by atoms with Crippen LogP contribution in [0.25, 0.3) is 0 Å². The number of aryl methyl sites for hydroxylation is 1. The van der Waals surface area contributed by atoms with E-state index in [9.17, 15) is 8.42 Å². The molecule has 1 aliphatic heterocycles. The van der Waals surface area contributed by atoms with Crippen LogP contribution < -0.4 is 5.32 Å². The molecule has 1 N–H and O–H groups in total. The number of aromatic nitrogens is 2. The molecule has 18 heavy (non-hydrogen) atoms. The standard InChI is InChI=1S/C11H20N4O2S/c1-11(12-2)4-6-15(7-5-11)18(16,17)10-8-13-14(3)9-10/h8-9,12H,4-7H2,1-3H3. The highest BCUT2D eigenvalue weighted by Crippen LogP contribution is 2.25. The molecule has 1 fully saturated rings. The molecule has 0 amide bonds. The van der Waals surface area contributed by atoms with Crippen LogP contribution in [0.4, 0.5) is 0 Å². The largest absolute Gasteiger partial charge is 0.314 e. The molecule has 1 saturated heterocycles. The molecule has 1 aliphatic rings. The number of hydrogen-bond acceptors (Lipinski definition) is 4. The first-order chi connectivity index (χ1) is 8.37. The van der Waals surface area contributed by atoms with Gasteiger partial charge in [-0.2, -0.15) is 9.40 Å². The van der Waals surface area contributed by atoms with Crippen LogP contribution in [0.1, 0.15) is 19.8 Å². The van der Waals surface area contributed by atoms with Crippen LogP contribution in [0, 0.1) is 0 Å².